The van der Waals surface area contributed by atoms with Crippen LogP contribution in [0.15, 0.2) is 59.6 Å². The molecule has 0 atom stereocenters. The number of rotatable bonds is 9. The molecule has 0 unspecified atom stereocenters. The van der Waals surface area contributed by atoms with Gasteiger partial charge in [0.1, 0.15) is 15.8 Å². The molecular weight excluding hydrogens is 474 g/mol. The first-order valence-electron chi connectivity index (χ1n) is 12.1. The van der Waals surface area contributed by atoms with Gasteiger partial charge in [0, 0.05) is 23.9 Å². The molecule has 1 aromatic heterocycles. The number of thioether (sulfide) groups is 1. The van der Waals surface area contributed by atoms with E-state index in [0.717, 1.165) is 53.1 Å². The van der Waals surface area contributed by atoms with Gasteiger partial charge >= 0.3 is 0 Å². The molecule has 1 fully saturated rings. The molecule has 1 amide bonds. The highest BCUT2D eigenvalue weighted by molar-refractivity contribution is 8.26. The number of ether oxygens (including phenoxy) is 1. The number of amides is 1. The zero-order valence-corrected chi connectivity index (χ0v) is 22.3. The van der Waals surface area contributed by atoms with Gasteiger partial charge in [-0.1, -0.05) is 61.9 Å². The van der Waals surface area contributed by atoms with Crippen molar-refractivity contribution < 1.29 is 9.53 Å². The predicted octanol–water partition coefficient (Wildman–Crippen LogP) is 7.03. The van der Waals surface area contributed by atoms with Crippen molar-refractivity contribution in [1.29, 1.82) is 0 Å². The summed E-state index contributed by atoms with van der Waals surface area (Å²) in [4.78, 5) is 15.5. The van der Waals surface area contributed by atoms with Crippen molar-refractivity contribution in [3.05, 3.63) is 70.8 Å². The Bertz CT molecular complexity index is 1250. The number of benzene rings is 2. The van der Waals surface area contributed by atoms with E-state index in [1.54, 1.807) is 4.90 Å². The molecule has 1 aliphatic rings. The molecule has 182 valence electrons. The standard InChI is InChI=1S/C28H31N3O2S2/c1-5-6-10-15-30-27(32)25(35-28(30)34)17-21-18-31(22-11-8-7-9-12-22)29-26(21)24-14-13-23(16-20(24)4)33-19(2)3/h7-9,11-14,16-19H,5-6,10,15H2,1-4H3/b25-17-. The van der Waals surface area contributed by atoms with Gasteiger partial charge in [0.15, 0.2) is 0 Å². The molecule has 5 nitrogen and oxygen atoms in total. The molecule has 4 rings (SSSR count). The monoisotopic (exact) mass is 505 g/mol. The van der Waals surface area contributed by atoms with Gasteiger partial charge in [-0.25, -0.2) is 4.68 Å². The first-order valence-corrected chi connectivity index (χ1v) is 13.3. The van der Waals surface area contributed by atoms with Crippen molar-refractivity contribution in [2.75, 3.05) is 6.54 Å². The van der Waals surface area contributed by atoms with Crippen LogP contribution >= 0.6 is 24.0 Å². The van der Waals surface area contributed by atoms with Crippen molar-refractivity contribution in [3.63, 3.8) is 0 Å². The number of nitrogens with zero attached hydrogens (tertiary/aromatic N) is 3. The van der Waals surface area contributed by atoms with Crippen LogP contribution in [0.2, 0.25) is 0 Å². The molecule has 1 saturated heterocycles. The number of aromatic nitrogens is 2. The quantitative estimate of drug-likeness (QED) is 0.178. The van der Waals surface area contributed by atoms with Gasteiger partial charge in [-0.15, -0.1) is 0 Å². The molecule has 2 aromatic carbocycles. The lowest BCUT2D eigenvalue weighted by Gasteiger charge is -2.13. The molecule has 0 bridgehead atoms. The minimum absolute atomic E-state index is 0.0214. The molecular formula is C28H31N3O2S2. The summed E-state index contributed by atoms with van der Waals surface area (Å²) in [5, 5.41) is 4.93. The summed E-state index contributed by atoms with van der Waals surface area (Å²) in [5.41, 5.74) is 4.71. The third-order valence-corrected chi connectivity index (χ3v) is 7.11. The van der Waals surface area contributed by atoms with Gasteiger partial charge in [-0.3, -0.25) is 9.69 Å². The van der Waals surface area contributed by atoms with Gasteiger partial charge in [-0.05, 0) is 69.2 Å². The summed E-state index contributed by atoms with van der Waals surface area (Å²) >= 11 is 6.90. The number of aryl methyl sites for hydroxylation is 1. The van der Waals surface area contributed by atoms with Crippen LogP contribution in [0.4, 0.5) is 0 Å². The molecule has 0 N–H and O–H groups in total. The third kappa shape index (κ3) is 5.85. The average molecular weight is 506 g/mol. The normalized spacial score (nSPS) is 15.0. The Morgan fingerprint density at radius 2 is 1.91 bits per heavy atom. The largest absolute Gasteiger partial charge is 0.491 e. The van der Waals surface area contributed by atoms with Crippen molar-refractivity contribution in [2.24, 2.45) is 0 Å². The molecule has 3 aromatic rings. The topological polar surface area (TPSA) is 47.4 Å². The number of hydrogen-bond acceptors (Lipinski definition) is 5. The van der Waals surface area contributed by atoms with Gasteiger partial charge in [-0.2, -0.15) is 5.10 Å². The van der Waals surface area contributed by atoms with E-state index in [-0.39, 0.29) is 12.0 Å². The lowest BCUT2D eigenvalue weighted by molar-refractivity contribution is -0.122. The molecule has 0 spiro atoms. The molecule has 7 heteroatoms. The maximum Gasteiger partial charge on any atom is 0.266 e. The van der Waals surface area contributed by atoms with Gasteiger partial charge < -0.3 is 4.74 Å². The summed E-state index contributed by atoms with van der Waals surface area (Å²) < 4.78 is 8.36. The molecule has 1 aliphatic heterocycles. The number of para-hydroxylation sites is 1. The Morgan fingerprint density at radius 3 is 2.60 bits per heavy atom. The number of hydrogen-bond donors (Lipinski definition) is 0. The van der Waals surface area contributed by atoms with Crippen molar-refractivity contribution >= 4 is 40.3 Å². The van der Waals surface area contributed by atoms with Crippen LogP contribution in [-0.2, 0) is 4.79 Å². The van der Waals surface area contributed by atoms with Crippen LogP contribution in [0, 0.1) is 6.92 Å². The van der Waals surface area contributed by atoms with Crippen molar-refractivity contribution in [1.82, 2.24) is 14.7 Å². The minimum atomic E-state index is -0.0214. The number of thiocarbonyl (C=S) groups is 1. The third-order valence-electron chi connectivity index (χ3n) is 5.73. The van der Waals surface area contributed by atoms with E-state index in [1.165, 1.54) is 11.8 Å². The first kappa shape index (κ1) is 25.2. The van der Waals surface area contributed by atoms with Gasteiger partial charge in [0.2, 0.25) is 0 Å². The van der Waals surface area contributed by atoms with E-state index in [2.05, 4.69) is 13.8 Å². The zero-order valence-electron chi connectivity index (χ0n) is 20.7. The summed E-state index contributed by atoms with van der Waals surface area (Å²) in [7, 11) is 0. The maximum absolute atomic E-state index is 13.2. The highest BCUT2D eigenvalue weighted by atomic mass is 32.2. The van der Waals surface area contributed by atoms with E-state index in [0.29, 0.717) is 15.8 Å². The fourth-order valence-corrected chi connectivity index (χ4v) is 5.32. The van der Waals surface area contributed by atoms with Gasteiger partial charge in [0.05, 0.1) is 16.7 Å². The Kier molecular flexibility index (Phi) is 8.08. The second-order valence-electron chi connectivity index (χ2n) is 8.90. The zero-order chi connectivity index (χ0) is 24.9. The number of carbonyl (C=O) groups excluding carboxylic acids is 1. The Hall–Kier alpha value is -2.90. The van der Waals surface area contributed by atoms with Crippen LogP contribution < -0.4 is 4.74 Å². The molecule has 2 heterocycles. The van der Waals surface area contributed by atoms with E-state index in [1.807, 2.05) is 79.3 Å². The number of carbonyl (C=O) groups is 1. The predicted molar refractivity (Wildman–Crippen MR) is 149 cm³/mol. The average Bonchev–Trinajstić information content (AvgIpc) is 3.35. The maximum atomic E-state index is 13.2. The Balaban J connectivity index is 1.74. The summed E-state index contributed by atoms with van der Waals surface area (Å²) in [6, 6.07) is 16.0. The fraction of sp³-hybridized carbons (Fsp3) is 0.321. The van der Waals surface area contributed by atoms with E-state index >= 15 is 0 Å². The van der Waals surface area contributed by atoms with Crippen LogP contribution in [0.5, 0.6) is 5.75 Å². The first-order chi connectivity index (χ1) is 16.9. The lowest BCUT2D eigenvalue weighted by Crippen LogP contribution is -2.28. The minimum Gasteiger partial charge on any atom is -0.491 e. The van der Waals surface area contributed by atoms with E-state index in [4.69, 9.17) is 22.1 Å². The van der Waals surface area contributed by atoms with Crippen molar-refractivity contribution in [2.45, 2.75) is 53.1 Å². The Labute approximate surface area is 217 Å². The Morgan fingerprint density at radius 1 is 1.14 bits per heavy atom. The summed E-state index contributed by atoms with van der Waals surface area (Å²) in [6.45, 7) is 8.91. The van der Waals surface area contributed by atoms with E-state index in [9.17, 15) is 4.79 Å². The van der Waals surface area contributed by atoms with Gasteiger partial charge in [0.25, 0.3) is 5.91 Å². The number of unbranched alkanes of at least 4 members (excludes halogenated alkanes) is 2. The highest BCUT2D eigenvalue weighted by Gasteiger charge is 2.32. The fourth-order valence-electron chi connectivity index (χ4n) is 4.02. The van der Waals surface area contributed by atoms with Crippen LogP contribution in [-0.4, -0.2) is 37.6 Å². The van der Waals surface area contributed by atoms with Crippen molar-refractivity contribution in [3.8, 4) is 22.7 Å². The molecule has 0 aliphatic carbocycles. The summed E-state index contributed by atoms with van der Waals surface area (Å²) in [5.74, 6) is 0.810. The van der Waals surface area contributed by atoms with Crippen LogP contribution in [0.25, 0.3) is 23.0 Å². The summed E-state index contributed by atoms with van der Waals surface area (Å²) in [6.07, 6.45) is 7.16. The SMILES string of the molecule is CCCCCN1C(=O)/C(=C/c2cn(-c3ccccc3)nc2-c2ccc(OC(C)C)cc2C)SC1=S. The van der Waals surface area contributed by atoms with Crippen LogP contribution in [0.1, 0.15) is 51.2 Å². The smallest absolute Gasteiger partial charge is 0.266 e. The van der Waals surface area contributed by atoms with Crippen LogP contribution in [0.3, 0.4) is 0 Å². The second-order valence-corrected chi connectivity index (χ2v) is 10.6. The second kappa shape index (κ2) is 11.2. The molecule has 0 saturated carbocycles. The lowest BCUT2D eigenvalue weighted by atomic mass is 10.0. The molecule has 0 radical (unpaired) electrons. The van der Waals surface area contributed by atoms with E-state index < -0.39 is 0 Å². The highest BCUT2D eigenvalue weighted by Crippen LogP contribution is 2.36. The molecule has 35 heavy (non-hydrogen) atoms.